The smallest absolute Gasteiger partial charge is 0.414 e. The second kappa shape index (κ2) is 3.76. The highest BCUT2D eigenvalue weighted by Gasteiger charge is 2.26. The van der Waals surface area contributed by atoms with E-state index >= 15 is 0 Å². The maximum atomic E-state index is 5.32. The Hall–Kier alpha value is 0.491. The highest BCUT2D eigenvalue weighted by atomic mass is 28.4. The van der Waals surface area contributed by atoms with Crippen molar-refractivity contribution in [2.45, 2.75) is 13.1 Å². The lowest BCUT2D eigenvalue weighted by molar-refractivity contribution is 0.0857. The van der Waals surface area contributed by atoms with Gasteiger partial charge in [0, 0.05) is 0 Å². The first-order valence-electron chi connectivity index (χ1n) is 2.80. The van der Waals surface area contributed by atoms with Gasteiger partial charge in [-0.1, -0.05) is 0 Å². The minimum atomic E-state index is -1.90. The highest BCUT2D eigenvalue weighted by Crippen LogP contribution is 2.05. The molecule has 0 aromatic heterocycles. The van der Waals surface area contributed by atoms with Crippen LogP contribution in [0.2, 0.25) is 13.1 Å². The van der Waals surface area contributed by atoms with Gasteiger partial charge in [0.2, 0.25) is 0 Å². The van der Waals surface area contributed by atoms with E-state index in [9.17, 15) is 0 Å². The van der Waals surface area contributed by atoms with Gasteiger partial charge in [-0.25, -0.2) is 0 Å². The molecule has 0 aliphatic carbocycles. The van der Waals surface area contributed by atoms with Crippen LogP contribution in [0.4, 0.5) is 0 Å². The van der Waals surface area contributed by atoms with Crippen LogP contribution in [-0.4, -0.2) is 35.4 Å². The zero-order valence-corrected chi connectivity index (χ0v) is 8.84. The molecule has 10 heavy (non-hydrogen) atoms. The predicted molar refractivity (Wildman–Crippen MR) is 38.2 cm³/mol. The molecule has 0 spiro atoms. The minimum absolute atomic E-state index is 0.0579. The molecule has 1 aliphatic heterocycles. The molecular weight excluding hydrogens is 184 g/mol. The molecule has 1 aliphatic rings. The minimum Gasteiger partial charge on any atom is -0.414 e. The van der Waals surface area contributed by atoms with Crippen LogP contribution in [-0.2, 0) is 17.1 Å². The lowest BCUT2D eigenvalue weighted by atomic mass is 11.6. The van der Waals surface area contributed by atoms with Crippen LogP contribution in [0.1, 0.15) is 0 Å². The molecule has 4 nitrogen and oxygen atoms in total. The SMILES string of the molecule is C[Si]1(C)O[Si]OCO[Si]O1. The van der Waals surface area contributed by atoms with Gasteiger partial charge in [0.05, 0.1) is 0 Å². The summed E-state index contributed by atoms with van der Waals surface area (Å²) in [6.45, 7) is 4.21. The fourth-order valence-corrected chi connectivity index (χ4v) is 3.31. The molecular formula is C3H8O4Si3. The van der Waals surface area contributed by atoms with Crippen molar-refractivity contribution >= 4 is 28.6 Å². The van der Waals surface area contributed by atoms with Gasteiger partial charge in [0.1, 0.15) is 6.79 Å². The van der Waals surface area contributed by atoms with E-state index in [1.807, 2.05) is 13.1 Å². The molecule has 1 rings (SSSR count). The maximum absolute atomic E-state index is 5.32. The summed E-state index contributed by atoms with van der Waals surface area (Å²) in [4.78, 5) is 0. The number of hydrogen-bond donors (Lipinski definition) is 0. The van der Waals surface area contributed by atoms with Crippen LogP contribution in [0.25, 0.3) is 0 Å². The van der Waals surface area contributed by atoms with Gasteiger partial charge in [-0.3, -0.25) is 0 Å². The predicted octanol–water partition coefficient (Wildman–Crippen LogP) is -0.206. The summed E-state index contributed by atoms with van der Waals surface area (Å²) < 4.78 is 20.5. The van der Waals surface area contributed by atoms with Crippen molar-refractivity contribution in [3.05, 3.63) is 0 Å². The Morgan fingerprint density at radius 1 is 1.10 bits per heavy atom. The van der Waals surface area contributed by atoms with Crippen LogP contribution in [0.5, 0.6) is 0 Å². The summed E-state index contributed by atoms with van der Waals surface area (Å²) in [6, 6.07) is 0. The van der Waals surface area contributed by atoms with Gasteiger partial charge < -0.3 is 17.1 Å². The number of rotatable bonds is 0. The van der Waals surface area contributed by atoms with Gasteiger partial charge in [-0.05, 0) is 13.1 Å². The average molecular weight is 192 g/mol. The summed E-state index contributed by atoms with van der Waals surface area (Å²) in [5.74, 6) is 0. The first-order chi connectivity index (χ1) is 4.71. The van der Waals surface area contributed by atoms with Gasteiger partial charge in [-0.15, -0.1) is 0 Å². The summed E-state index contributed by atoms with van der Waals surface area (Å²) in [5, 5.41) is 0. The molecule has 56 valence electrons. The third-order valence-corrected chi connectivity index (χ3v) is 5.88. The largest absolute Gasteiger partial charge is 0.425 e. The first kappa shape index (κ1) is 8.59. The van der Waals surface area contributed by atoms with Gasteiger partial charge in [-0.2, -0.15) is 0 Å². The molecule has 0 atom stereocenters. The van der Waals surface area contributed by atoms with Gasteiger partial charge in [0.25, 0.3) is 0 Å². The zero-order valence-electron chi connectivity index (χ0n) is 5.84. The van der Waals surface area contributed by atoms with E-state index in [4.69, 9.17) is 17.1 Å². The van der Waals surface area contributed by atoms with Crippen LogP contribution in [0.15, 0.2) is 0 Å². The van der Waals surface area contributed by atoms with Crippen molar-refractivity contribution in [2.75, 3.05) is 6.79 Å². The Morgan fingerprint density at radius 3 is 2.10 bits per heavy atom. The fraction of sp³-hybridized carbons (Fsp3) is 1.00. The maximum Gasteiger partial charge on any atom is 0.425 e. The molecule has 0 saturated carbocycles. The Balaban J connectivity index is 2.30. The van der Waals surface area contributed by atoms with Crippen molar-refractivity contribution in [1.29, 1.82) is 0 Å². The molecule has 0 N–H and O–H groups in total. The topological polar surface area (TPSA) is 36.9 Å². The normalized spacial score (nSPS) is 27.0. The second-order valence-electron chi connectivity index (χ2n) is 2.18. The van der Waals surface area contributed by atoms with Crippen LogP contribution >= 0.6 is 0 Å². The molecule has 0 bridgehead atoms. The molecule has 0 aromatic rings. The molecule has 1 saturated heterocycles. The molecule has 0 aromatic carbocycles. The van der Waals surface area contributed by atoms with Crippen molar-refractivity contribution in [2.24, 2.45) is 0 Å². The Labute approximate surface area is 66.2 Å². The lowest BCUT2D eigenvalue weighted by Crippen LogP contribution is -2.41. The standard InChI is InChI=1S/C3H8O4Si3/c1-10(2)6-8-4-3-5-9-7-10/h3H2,1-2H3. The van der Waals surface area contributed by atoms with E-state index in [1.165, 1.54) is 0 Å². The molecule has 0 unspecified atom stereocenters. The zero-order chi connectivity index (χ0) is 7.45. The Morgan fingerprint density at radius 2 is 1.60 bits per heavy atom. The summed E-state index contributed by atoms with van der Waals surface area (Å²) in [6.07, 6.45) is 0. The van der Waals surface area contributed by atoms with Crippen LogP contribution in [0, 0.1) is 0 Å². The van der Waals surface area contributed by atoms with E-state index in [1.54, 1.807) is 0 Å². The highest BCUT2D eigenvalue weighted by molar-refractivity contribution is 6.72. The molecule has 1 heterocycles. The quantitative estimate of drug-likeness (QED) is 0.498. The lowest BCUT2D eigenvalue weighted by Gasteiger charge is -2.23. The third-order valence-electron chi connectivity index (χ3n) is 0.811. The van der Waals surface area contributed by atoms with E-state index in [-0.39, 0.29) is 26.8 Å². The Bertz CT molecular complexity index is 97.9. The van der Waals surface area contributed by atoms with Gasteiger partial charge >= 0.3 is 28.6 Å². The average Bonchev–Trinajstić information content (AvgIpc) is 1.81. The van der Waals surface area contributed by atoms with Crippen molar-refractivity contribution in [3.63, 3.8) is 0 Å². The van der Waals surface area contributed by atoms with E-state index < -0.39 is 8.56 Å². The van der Waals surface area contributed by atoms with E-state index in [0.29, 0.717) is 0 Å². The summed E-state index contributed by atoms with van der Waals surface area (Å²) >= 11 is 0. The van der Waals surface area contributed by atoms with E-state index in [2.05, 4.69) is 0 Å². The van der Waals surface area contributed by atoms with Crippen molar-refractivity contribution < 1.29 is 17.1 Å². The van der Waals surface area contributed by atoms with Crippen molar-refractivity contribution in [1.82, 2.24) is 0 Å². The third kappa shape index (κ3) is 3.05. The van der Waals surface area contributed by atoms with E-state index in [0.717, 1.165) is 0 Å². The molecule has 4 radical (unpaired) electrons. The molecule has 1 fully saturated rings. The second-order valence-corrected chi connectivity index (χ2v) is 7.52. The first-order valence-corrected chi connectivity index (χ1v) is 7.25. The Kier molecular flexibility index (Phi) is 3.23. The summed E-state index contributed by atoms with van der Waals surface area (Å²) in [7, 11) is -1.78. The summed E-state index contributed by atoms with van der Waals surface area (Å²) in [5.41, 5.74) is 0. The van der Waals surface area contributed by atoms with Crippen molar-refractivity contribution in [3.8, 4) is 0 Å². The van der Waals surface area contributed by atoms with Crippen LogP contribution in [0.3, 0.4) is 0 Å². The number of hydrogen-bond acceptors (Lipinski definition) is 4. The molecule has 0 amide bonds. The van der Waals surface area contributed by atoms with Gasteiger partial charge in [0.15, 0.2) is 0 Å². The monoisotopic (exact) mass is 192 g/mol. The molecule has 7 heteroatoms. The van der Waals surface area contributed by atoms with Crippen LogP contribution < -0.4 is 0 Å². The fourth-order valence-electron chi connectivity index (χ4n) is 0.358.